The molecule has 1 saturated heterocycles. The lowest BCUT2D eigenvalue weighted by molar-refractivity contribution is -0.115. The fourth-order valence-corrected chi connectivity index (χ4v) is 3.79. The summed E-state index contributed by atoms with van der Waals surface area (Å²) in [7, 11) is 0. The summed E-state index contributed by atoms with van der Waals surface area (Å²) in [6, 6.07) is 13.2. The van der Waals surface area contributed by atoms with Crippen molar-refractivity contribution in [2.75, 3.05) is 0 Å². The maximum Gasteiger partial charge on any atom is 0.264 e. The summed E-state index contributed by atoms with van der Waals surface area (Å²) in [4.78, 5) is 26.1. The van der Waals surface area contributed by atoms with E-state index in [0.717, 1.165) is 22.2 Å². The highest BCUT2D eigenvalue weighted by molar-refractivity contribution is 8.18. The third-order valence-electron chi connectivity index (χ3n) is 4.14. The number of aryl methyl sites for hydroxylation is 1. The number of carbonyl (C=O) groups is 1. The largest absolute Gasteiger partial charge is 0.301 e. The Morgan fingerprint density at radius 3 is 2.93 bits per heavy atom. The highest BCUT2D eigenvalue weighted by Crippen LogP contribution is 2.27. The van der Waals surface area contributed by atoms with Crippen LogP contribution in [0, 0.1) is 6.92 Å². The van der Waals surface area contributed by atoms with Crippen molar-refractivity contribution in [3.63, 3.8) is 0 Å². The number of carbonyl (C=O) groups excluding carboxylic acids is 1. The van der Waals surface area contributed by atoms with E-state index in [9.17, 15) is 4.79 Å². The highest BCUT2D eigenvalue weighted by atomic mass is 35.5. The molecule has 4 rings (SSSR count). The van der Waals surface area contributed by atoms with Crippen LogP contribution in [0.1, 0.15) is 16.8 Å². The average Bonchev–Trinajstić information content (AvgIpc) is 3.00. The van der Waals surface area contributed by atoms with Gasteiger partial charge in [-0.25, -0.2) is 4.98 Å². The summed E-state index contributed by atoms with van der Waals surface area (Å²) in [5.41, 5.74) is 4.35. The number of aromatic nitrogens is 2. The molecule has 0 spiro atoms. The summed E-state index contributed by atoms with van der Waals surface area (Å²) in [6.07, 6.45) is 3.49. The number of amidine groups is 1. The Morgan fingerprint density at radius 1 is 1.19 bits per heavy atom. The Morgan fingerprint density at radius 2 is 2.07 bits per heavy atom. The van der Waals surface area contributed by atoms with Gasteiger partial charge in [-0.05, 0) is 66.2 Å². The first-order chi connectivity index (χ1) is 13.1. The first kappa shape index (κ1) is 17.7. The summed E-state index contributed by atoms with van der Waals surface area (Å²) in [5, 5.41) is 4.04. The third-order valence-corrected chi connectivity index (χ3v) is 5.44. The first-order valence-electron chi connectivity index (χ1n) is 8.31. The number of hydrogen-bond donors (Lipinski definition) is 1. The summed E-state index contributed by atoms with van der Waals surface area (Å²) in [6.45, 7) is 2.41. The van der Waals surface area contributed by atoms with Gasteiger partial charge in [0, 0.05) is 11.2 Å². The van der Waals surface area contributed by atoms with Crippen molar-refractivity contribution in [3.8, 4) is 0 Å². The molecule has 2 aromatic heterocycles. The van der Waals surface area contributed by atoms with Gasteiger partial charge in [-0.15, -0.1) is 0 Å². The molecule has 7 heteroatoms. The van der Waals surface area contributed by atoms with E-state index in [4.69, 9.17) is 11.6 Å². The predicted molar refractivity (Wildman–Crippen MR) is 111 cm³/mol. The number of amides is 1. The minimum Gasteiger partial charge on any atom is -0.301 e. The SMILES string of the molecule is Cc1cccc(Cl)c1CN=C1NC(=O)C(=Cc2ccc3ncccc3n2)S1. The second-order valence-electron chi connectivity index (χ2n) is 6.00. The number of benzene rings is 1. The zero-order valence-corrected chi connectivity index (χ0v) is 16.0. The van der Waals surface area contributed by atoms with Crippen LogP contribution in [-0.2, 0) is 11.3 Å². The molecule has 1 N–H and O–H groups in total. The van der Waals surface area contributed by atoms with E-state index in [-0.39, 0.29) is 5.91 Å². The van der Waals surface area contributed by atoms with Gasteiger partial charge in [0.25, 0.3) is 5.91 Å². The first-order valence-corrected chi connectivity index (χ1v) is 9.51. The maximum atomic E-state index is 12.3. The Bertz CT molecular complexity index is 1090. The lowest BCUT2D eigenvalue weighted by Gasteiger charge is -2.05. The fourth-order valence-electron chi connectivity index (χ4n) is 2.71. The van der Waals surface area contributed by atoms with Crippen LogP contribution in [-0.4, -0.2) is 21.0 Å². The fraction of sp³-hybridized carbons (Fsp3) is 0.100. The normalized spacial score (nSPS) is 17.0. The van der Waals surface area contributed by atoms with Crippen LogP contribution in [0.15, 0.2) is 58.6 Å². The van der Waals surface area contributed by atoms with Gasteiger partial charge in [0.05, 0.1) is 28.2 Å². The predicted octanol–water partition coefficient (Wildman–Crippen LogP) is 4.35. The molecule has 27 heavy (non-hydrogen) atoms. The van der Waals surface area contributed by atoms with Gasteiger partial charge in [-0.2, -0.15) is 0 Å². The average molecular weight is 395 g/mol. The van der Waals surface area contributed by atoms with Crippen molar-refractivity contribution in [2.45, 2.75) is 13.5 Å². The Balaban J connectivity index is 1.55. The third kappa shape index (κ3) is 3.86. The van der Waals surface area contributed by atoms with E-state index >= 15 is 0 Å². The number of aliphatic imine (C=N–C) groups is 1. The van der Waals surface area contributed by atoms with Gasteiger partial charge in [-0.3, -0.25) is 14.8 Å². The van der Waals surface area contributed by atoms with E-state index in [2.05, 4.69) is 20.3 Å². The molecule has 0 radical (unpaired) electrons. The highest BCUT2D eigenvalue weighted by Gasteiger charge is 2.24. The minimum atomic E-state index is -0.178. The molecule has 0 aliphatic carbocycles. The molecule has 3 heterocycles. The summed E-state index contributed by atoms with van der Waals surface area (Å²) in [5.74, 6) is -0.178. The smallest absolute Gasteiger partial charge is 0.264 e. The van der Waals surface area contributed by atoms with Crippen molar-refractivity contribution in [1.29, 1.82) is 0 Å². The molecule has 1 aliphatic heterocycles. The van der Waals surface area contributed by atoms with Crippen molar-refractivity contribution < 1.29 is 4.79 Å². The molecule has 1 amide bonds. The lowest BCUT2D eigenvalue weighted by atomic mass is 10.1. The summed E-state index contributed by atoms with van der Waals surface area (Å²) >= 11 is 7.54. The van der Waals surface area contributed by atoms with Crippen LogP contribution in [0.5, 0.6) is 0 Å². The van der Waals surface area contributed by atoms with Crippen molar-refractivity contribution in [3.05, 3.63) is 75.4 Å². The van der Waals surface area contributed by atoms with Crippen LogP contribution >= 0.6 is 23.4 Å². The van der Waals surface area contributed by atoms with Crippen LogP contribution in [0.2, 0.25) is 5.02 Å². The van der Waals surface area contributed by atoms with Gasteiger partial charge < -0.3 is 5.32 Å². The summed E-state index contributed by atoms with van der Waals surface area (Å²) < 4.78 is 0. The molecular weight excluding hydrogens is 380 g/mol. The number of nitrogens with one attached hydrogen (secondary N) is 1. The van der Waals surface area contributed by atoms with Gasteiger partial charge in [0.1, 0.15) is 0 Å². The number of halogens is 1. The molecule has 1 fully saturated rings. The monoisotopic (exact) mass is 394 g/mol. The second kappa shape index (κ2) is 7.50. The molecule has 5 nitrogen and oxygen atoms in total. The van der Waals surface area contributed by atoms with Gasteiger partial charge in [0.15, 0.2) is 5.17 Å². The molecule has 0 saturated carbocycles. The molecule has 134 valence electrons. The molecule has 3 aromatic rings. The van der Waals surface area contributed by atoms with E-state index < -0.39 is 0 Å². The van der Waals surface area contributed by atoms with Crippen LogP contribution in [0.25, 0.3) is 17.1 Å². The maximum absolute atomic E-state index is 12.3. The Labute approximate surface area is 165 Å². The van der Waals surface area contributed by atoms with E-state index in [1.54, 1.807) is 12.3 Å². The zero-order chi connectivity index (χ0) is 18.8. The molecule has 1 aromatic carbocycles. The minimum absolute atomic E-state index is 0.178. The number of hydrogen-bond acceptors (Lipinski definition) is 5. The van der Waals surface area contributed by atoms with E-state index in [1.165, 1.54) is 11.8 Å². The van der Waals surface area contributed by atoms with Gasteiger partial charge >= 0.3 is 0 Å². The van der Waals surface area contributed by atoms with Crippen molar-refractivity contribution >= 4 is 51.5 Å². The second-order valence-corrected chi connectivity index (χ2v) is 7.44. The number of thioether (sulfide) groups is 1. The molecule has 0 atom stereocenters. The van der Waals surface area contributed by atoms with Crippen molar-refractivity contribution in [1.82, 2.24) is 15.3 Å². The molecule has 0 unspecified atom stereocenters. The molecular formula is C20H15ClN4OS. The topological polar surface area (TPSA) is 67.2 Å². The molecule has 0 bridgehead atoms. The van der Waals surface area contributed by atoms with Gasteiger partial charge in [0.2, 0.25) is 0 Å². The standard InChI is InChI=1S/C20H15ClN4OS/c1-12-4-2-5-15(21)14(12)11-23-20-25-19(26)18(27-20)10-13-7-8-16-17(24-13)6-3-9-22-16/h2-10H,11H2,1H3,(H,23,25,26). The van der Waals surface area contributed by atoms with Crippen molar-refractivity contribution in [2.24, 2.45) is 4.99 Å². The zero-order valence-electron chi connectivity index (χ0n) is 14.4. The number of nitrogens with zero attached hydrogens (tertiary/aromatic N) is 3. The lowest BCUT2D eigenvalue weighted by Crippen LogP contribution is -2.19. The number of rotatable bonds is 3. The van der Waals surface area contributed by atoms with E-state index in [1.807, 2.05) is 49.4 Å². The Kier molecular flexibility index (Phi) is 4.92. The van der Waals surface area contributed by atoms with E-state index in [0.29, 0.717) is 27.3 Å². The van der Waals surface area contributed by atoms with Gasteiger partial charge in [-0.1, -0.05) is 23.7 Å². The Hall–Kier alpha value is -2.70. The quantitative estimate of drug-likeness (QED) is 0.670. The number of pyridine rings is 2. The van der Waals surface area contributed by atoms with Crippen LogP contribution in [0.4, 0.5) is 0 Å². The molecule has 1 aliphatic rings. The number of fused-ring (bicyclic) bond motifs is 1. The van der Waals surface area contributed by atoms with Crippen LogP contribution < -0.4 is 5.32 Å². The van der Waals surface area contributed by atoms with Crippen LogP contribution in [0.3, 0.4) is 0 Å².